The highest BCUT2D eigenvalue weighted by molar-refractivity contribution is 6.34. The van der Waals surface area contributed by atoms with E-state index in [0.717, 1.165) is 0 Å². The van der Waals surface area contributed by atoms with Crippen molar-refractivity contribution < 1.29 is 19.5 Å². The molecule has 0 saturated carbocycles. The van der Waals surface area contributed by atoms with Gasteiger partial charge in [-0.1, -0.05) is 11.6 Å². The van der Waals surface area contributed by atoms with Gasteiger partial charge in [0.1, 0.15) is 0 Å². The number of hydrogen-bond acceptors (Lipinski definition) is 3. The normalized spacial score (nSPS) is 10.4. The fourth-order valence-electron chi connectivity index (χ4n) is 2.12. The van der Waals surface area contributed by atoms with Gasteiger partial charge in [0.05, 0.1) is 17.0 Å². The number of carbonyl (C=O) groups is 3. The standard InChI is InChI=1S/C16H22ClN3O4/c1-4-20(10(2)3)15(23)12-9-11(5-6-13(12)17)19-16(24)18-8-7-14(21)22/h5-6,9-10H,4,7-8H2,1-3H3,(H,21,22)(H2,18,19,24). The lowest BCUT2D eigenvalue weighted by molar-refractivity contribution is -0.136. The molecule has 3 N–H and O–H groups in total. The number of carboxylic acids is 1. The summed E-state index contributed by atoms with van der Waals surface area (Å²) in [6.07, 6.45) is -0.169. The van der Waals surface area contributed by atoms with E-state index in [9.17, 15) is 14.4 Å². The van der Waals surface area contributed by atoms with Crippen molar-refractivity contribution >= 4 is 35.2 Å². The van der Waals surface area contributed by atoms with Crippen LogP contribution < -0.4 is 10.6 Å². The molecule has 0 unspecified atom stereocenters. The Labute approximate surface area is 146 Å². The molecule has 0 aliphatic heterocycles. The largest absolute Gasteiger partial charge is 0.481 e. The van der Waals surface area contributed by atoms with Crippen molar-refractivity contribution in [3.8, 4) is 0 Å². The minimum absolute atomic E-state index is 0.0114. The lowest BCUT2D eigenvalue weighted by atomic mass is 10.1. The van der Waals surface area contributed by atoms with Gasteiger partial charge in [0.15, 0.2) is 0 Å². The zero-order chi connectivity index (χ0) is 18.3. The molecule has 0 aromatic heterocycles. The molecule has 0 radical (unpaired) electrons. The van der Waals surface area contributed by atoms with E-state index in [-0.39, 0.29) is 24.9 Å². The fourth-order valence-corrected chi connectivity index (χ4v) is 2.32. The molecule has 0 spiro atoms. The first kappa shape index (κ1) is 19.8. The summed E-state index contributed by atoms with van der Waals surface area (Å²) < 4.78 is 0. The molecule has 24 heavy (non-hydrogen) atoms. The maximum atomic E-state index is 12.6. The average Bonchev–Trinajstić information content (AvgIpc) is 2.49. The smallest absolute Gasteiger partial charge is 0.319 e. The number of anilines is 1. The van der Waals surface area contributed by atoms with Gasteiger partial charge in [-0.05, 0) is 39.0 Å². The Morgan fingerprint density at radius 1 is 1.29 bits per heavy atom. The van der Waals surface area contributed by atoms with Gasteiger partial charge in [-0.15, -0.1) is 0 Å². The molecule has 0 heterocycles. The zero-order valence-electron chi connectivity index (χ0n) is 13.9. The SMILES string of the molecule is CCN(C(=O)c1cc(NC(=O)NCCC(=O)O)ccc1Cl)C(C)C. The van der Waals surface area contributed by atoms with Crippen molar-refractivity contribution in [3.05, 3.63) is 28.8 Å². The molecule has 0 saturated heterocycles. The molecule has 1 aromatic carbocycles. The van der Waals surface area contributed by atoms with Crippen molar-refractivity contribution in [1.29, 1.82) is 0 Å². The summed E-state index contributed by atoms with van der Waals surface area (Å²) in [5.41, 5.74) is 0.700. The van der Waals surface area contributed by atoms with Crippen LogP contribution in [0.1, 0.15) is 37.6 Å². The molecular weight excluding hydrogens is 334 g/mol. The van der Waals surface area contributed by atoms with Crippen LogP contribution in [0.4, 0.5) is 10.5 Å². The second-order valence-electron chi connectivity index (χ2n) is 5.40. The van der Waals surface area contributed by atoms with Gasteiger partial charge in [-0.25, -0.2) is 4.79 Å². The van der Waals surface area contributed by atoms with Gasteiger partial charge in [0.25, 0.3) is 5.91 Å². The van der Waals surface area contributed by atoms with Gasteiger partial charge in [0.2, 0.25) is 0 Å². The zero-order valence-corrected chi connectivity index (χ0v) is 14.7. The minimum Gasteiger partial charge on any atom is -0.481 e. The molecule has 0 aliphatic rings. The van der Waals surface area contributed by atoms with E-state index < -0.39 is 12.0 Å². The molecule has 132 valence electrons. The van der Waals surface area contributed by atoms with Crippen LogP contribution in [0.15, 0.2) is 18.2 Å². The summed E-state index contributed by atoms with van der Waals surface area (Å²) in [7, 11) is 0. The molecule has 0 bridgehead atoms. The average molecular weight is 356 g/mol. The van der Waals surface area contributed by atoms with Crippen LogP contribution in [-0.4, -0.2) is 47.0 Å². The molecule has 0 atom stereocenters. The van der Waals surface area contributed by atoms with E-state index in [4.69, 9.17) is 16.7 Å². The number of halogens is 1. The van der Waals surface area contributed by atoms with Crippen LogP contribution in [0.25, 0.3) is 0 Å². The van der Waals surface area contributed by atoms with E-state index in [1.54, 1.807) is 11.0 Å². The van der Waals surface area contributed by atoms with E-state index in [2.05, 4.69) is 10.6 Å². The lowest BCUT2D eigenvalue weighted by Gasteiger charge is -2.25. The molecule has 7 nitrogen and oxygen atoms in total. The Balaban J connectivity index is 2.84. The fraction of sp³-hybridized carbons (Fsp3) is 0.438. The first-order chi connectivity index (χ1) is 11.3. The monoisotopic (exact) mass is 355 g/mol. The Bertz CT molecular complexity index is 619. The highest BCUT2D eigenvalue weighted by Crippen LogP contribution is 2.23. The van der Waals surface area contributed by atoms with Crippen molar-refractivity contribution in [2.45, 2.75) is 33.2 Å². The Morgan fingerprint density at radius 3 is 2.50 bits per heavy atom. The summed E-state index contributed by atoms with van der Waals surface area (Å²) in [4.78, 5) is 36.4. The van der Waals surface area contributed by atoms with Crippen molar-refractivity contribution in [3.63, 3.8) is 0 Å². The summed E-state index contributed by atoms with van der Waals surface area (Å²) in [6, 6.07) is 4.09. The Kier molecular flexibility index (Phi) is 7.51. The number of hydrogen-bond donors (Lipinski definition) is 3. The molecule has 1 aromatic rings. The minimum atomic E-state index is -0.997. The summed E-state index contributed by atoms with van der Waals surface area (Å²) in [5.74, 6) is -1.21. The van der Waals surface area contributed by atoms with Crippen LogP contribution >= 0.6 is 11.6 Å². The number of urea groups is 1. The number of nitrogens with zero attached hydrogens (tertiary/aromatic N) is 1. The first-order valence-electron chi connectivity index (χ1n) is 7.63. The number of rotatable bonds is 7. The van der Waals surface area contributed by atoms with E-state index in [0.29, 0.717) is 22.8 Å². The highest BCUT2D eigenvalue weighted by Gasteiger charge is 2.20. The number of carbonyl (C=O) groups excluding carboxylic acids is 2. The molecule has 0 fully saturated rings. The van der Waals surface area contributed by atoms with Crippen molar-refractivity contribution in [1.82, 2.24) is 10.2 Å². The number of amides is 3. The topological polar surface area (TPSA) is 98.7 Å². The van der Waals surface area contributed by atoms with E-state index >= 15 is 0 Å². The second kappa shape index (κ2) is 9.12. The first-order valence-corrected chi connectivity index (χ1v) is 8.01. The molecule has 8 heteroatoms. The van der Waals surface area contributed by atoms with Crippen molar-refractivity contribution in [2.24, 2.45) is 0 Å². The number of aliphatic carboxylic acids is 1. The molecule has 3 amide bonds. The number of benzene rings is 1. The van der Waals surface area contributed by atoms with Gasteiger partial charge in [-0.3, -0.25) is 9.59 Å². The van der Waals surface area contributed by atoms with Crippen LogP contribution in [0.2, 0.25) is 5.02 Å². The Morgan fingerprint density at radius 2 is 1.96 bits per heavy atom. The van der Waals surface area contributed by atoms with Crippen LogP contribution in [0.5, 0.6) is 0 Å². The summed E-state index contributed by atoms with van der Waals surface area (Å²) >= 11 is 6.11. The molecular formula is C16H22ClN3O4. The Hall–Kier alpha value is -2.28. The maximum absolute atomic E-state index is 12.6. The van der Waals surface area contributed by atoms with Crippen LogP contribution in [-0.2, 0) is 4.79 Å². The highest BCUT2D eigenvalue weighted by atomic mass is 35.5. The lowest BCUT2D eigenvalue weighted by Crippen LogP contribution is -2.37. The van der Waals surface area contributed by atoms with Crippen LogP contribution in [0.3, 0.4) is 0 Å². The molecule has 1 rings (SSSR count). The molecule has 0 aliphatic carbocycles. The van der Waals surface area contributed by atoms with Crippen LogP contribution in [0, 0.1) is 0 Å². The summed E-state index contributed by atoms with van der Waals surface area (Å²) in [6.45, 7) is 6.25. The second-order valence-corrected chi connectivity index (χ2v) is 5.81. The van der Waals surface area contributed by atoms with Crippen molar-refractivity contribution in [2.75, 3.05) is 18.4 Å². The quantitative estimate of drug-likeness (QED) is 0.700. The third kappa shape index (κ3) is 5.73. The predicted molar refractivity (Wildman–Crippen MR) is 92.6 cm³/mol. The van der Waals surface area contributed by atoms with Gasteiger partial charge in [-0.2, -0.15) is 0 Å². The third-order valence-corrected chi connectivity index (χ3v) is 3.63. The van der Waals surface area contributed by atoms with Gasteiger partial charge in [0, 0.05) is 24.8 Å². The van der Waals surface area contributed by atoms with E-state index in [1.165, 1.54) is 12.1 Å². The van der Waals surface area contributed by atoms with E-state index in [1.807, 2.05) is 20.8 Å². The van der Waals surface area contributed by atoms with Gasteiger partial charge >= 0.3 is 12.0 Å². The number of nitrogens with one attached hydrogen (secondary N) is 2. The predicted octanol–water partition coefficient (Wildman–Crippen LogP) is 2.81. The summed E-state index contributed by atoms with van der Waals surface area (Å²) in [5, 5.41) is 13.8. The number of carboxylic acid groups (broad SMARTS) is 1. The maximum Gasteiger partial charge on any atom is 0.319 e. The van der Waals surface area contributed by atoms with Gasteiger partial charge < -0.3 is 20.6 Å². The third-order valence-electron chi connectivity index (χ3n) is 3.30.